The highest BCUT2D eigenvalue weighted by Gasteiger charge is 2.05. The summed E-state index contributed by atoms with van der Waals surface area (Å²) in [6.45, 7) is 8.57. The van der Waals surface area contributed by atoms with E-state index in [-0.39, 0.29) is 6.10 Å². The Kier molecular flexibility index (Phi) is 16.1. The van der Waals surface area contributed by atoms with Crippen LogP contribution in [-0.2, 0) is 0 Å². The summed E-state index contributed by atoms with van der Waals surface area (Å²) in [4.78, 5) is 0. The van der Waals surface area contributed by atoms with Crippen LogP contribution in [0, 0.1) is 6.92 Å². The van der Waals surface area contributed by atoms with E-state index in [2.05, 4.69) is 44.3 Å². The van der Waals surface area contributed by atoms with Gasteiger partial charge in [-0.05, 0) is 38.4 Å². The molecule has 0 amide bonds. The summed E-state index contributed by atoms with van der Waals surface area (Å²) in [5.74, 6) is 1.01. The van der Waals surface area contributed by atoms with E-state index >= 15 is 0 Å². The van der Waals surface area contributed by atoms with Crippen molar-refractivity contribution in [3.05, 3.63) is 29.8 Å². The Labute approximate surface area is 175 Å². The molecule has 0 aliphatic heterocycles. The highest BCUT2D eigenvalue weighted by Crippen LogP contribution is 2.17. The third kappa shape index (κ3) is 14.0. The van der Waals surface area contributed by atoms with E-state index in [1.54, 1.807) is 0 Å². The lowest BCUT2D eigenvalue weighted by atomic mass is 10.0. The zero-order chi connectivity index (χ0) is 20.3. The van der Waals surface area contributed by atoms with E-state index < -0.39 is 0 Å². The van der Waals surface area contributed by atoms with Crippen LogP contribution in [0.4, 0.5) is 0 Å². The minimum absolute atomic E-state index is 0.216. The molecule has 1 aromatic carbocycles. The molecule has 2 heteroatoms. The molecule has 1 N–H and O–H groups in total. The zero-order valence-corrected chi connectivity index (χ0v) is 19.1. The molecule has 1 unspecified atom stereocenters. The second-order valence-electron chi connectivity index (χ2n) is 8.49. The quantitative estimate of drug-likeness (QED) is 0.243. The van der Waals surface area contributed by atoms with Gasteiger partial charge in [-0.15, -0.1) is 0 Å². The summed E-state index contributed by atoms with van der Waals surface area (Å²) >= 11 is 0. The van der Waals surface area contributed by atoms with Gasteiger partial charge in [-0.2, -0.15) is 0 Å². The van der Waals surface area contributed by atoms with Gasteiger partial charge in [-0.25, -0.2) is 0 Å². The molecule has 0 fully saturated rings. The van der Waals surface area contributed by atoms with Crippen LogP contribution in [0.5, 0.6) is 5.75 Å². The van der Waals surface area contributed by atoms with Crippen molar-refractivity contribution in [3.8, 4) is 5.75 Å². The molecule has 1 rings (SSSR count). The largest absolute Gasteiger partial charge is 0.489 e. The van der Waals surface area contributed by atoms with Gasteiger partial charge in [-0.3, -0.25) is 0 Å². The highest BCUT2D eigenvalue weighted by atomic mass is 16.5. The van der Waals surface area contributed by atoms with Crippen molar-refractivity contribution < 1.29 is 4.74 Å². The fourth-order valence-electron chi connectivity index (χ4n) is 3.70. The predicted octanol–water partition coefficient (Wildman–Crippen LogP) is 7.83. The van der Waals surface area contributed by atoms with E-state index in [4.69, 9.17) is 4.74 Å². The molecule has 0 aliphatic rings. The number of para-hydroxylation sites is 1. The van der Waals surface area contributed by atoms with Crippen molar-refractivity contribution in [1.82, 2.24) is 5.32 Å². The van der Waals surface area contributed by atoms with E-state index in [1.807, 2.05) is 6.07 Å². The molecule has 0 heterocycles. The van der Waals surface area contributed by atoms with Crippen LogP contribution in [0.2, 0.25) is 0 Å². The lowest BCUT2D eigenvalue weighted by Gasteiger charge is -2.17. The van der Waals surface area contributed by atoms with Gasteiger partial charge in [-0.1, -0.05) is 109 Å². The third-order valence-electron chi connectivity index (χ3n) is 5.56. The molecular formula is C26H47NO. The third-order valence-corrected chi connectivity index (χ3v) is 5.56. The molecule has 0 aliphatic carbocycles. The molecule has 162 valence electrons. The summed E-state index contributed by atoms with van der Waals surface area (Å²) in [7, 11) is 0. The first-order valence-electron chi connectivity index (χ1n) is 12.2. The molecule has 0 bridgehead atoms. The van der Waals surface area contributed by atoms with Gasteiger partial charge in [0.15, 0.2) is 0 Å². The molecule has 0 radical (unpaired) electrons. The average molecular weight is 390 g/mol. The van der Waals surface area contributed by atoms with Gasteiger partial charge in [0, 0.05) is 6.54 Å². The first-order valence-corrected chi connectivity index (χ1v) is 12.2. The van der Waals surface area contributed by atoms with Gasteiger partial charge < -0.3 is 10.1 Å². The molecule has 0 spiro atoms. The Morgan fingerprint density at radius 1 is 0.750 bits per heavy atom. The number of ether oxygens (including phenoxy) is 1. The molecular weight excluding hydrogens is 342 g/mol. The molecule has 0 saturated carbocycles. The maximum absolute atomic E-state index is 6.01. The Hall–Kier alpha value is -1.02. The van der Waals surface area contributed by atoms with Gasteiger partial charge in [0.1, 0.15) is 11.9 Å². The molecule has 1 aromatic rings. The monoisotopic (exact) mass is 389 g/mol. The number of hydrogen-bond donors (Lipinski definition) is 1. The van der Waals surface area contributed by atoms with E-state index in [9.17, 15) is 0 Å². The Morgan fingerprint density at radius 2 is 1.25 bits per heavy atom. The van der Waals surface area contributed by atoms with E-state index in [0.717, 1.165) is 18.8 Å². The van der Waals surface area contributed by atoms with Gasteiger partial charge in [0.05, 0.1) is 0 Å². The van der Waals surface area contributed by atoms with Crippen molar-refractivity contribution in [2.24, 2.45) is 0 Å². The summed E-state index contributed by atoms with van der Waals surface area (Å²) in [5, 5.41) is 3.54. The summed E-state index contributed by atoms with van der Waals surface area (Å²) in [5.41, 5.74) is 1.21. The Bertz CT molecular complexity index is 460. The molecule has 1 atom stereocenters. The highest BCUT2D eigenvalue weighted by molar-refractivity contribution is 5.31. The first-order chi connectivity index (χ1) is 13.7. The van der Waals surface area contributed by atoms with Crippen molar-refractivity contribution in [1.29, 1.82) is 0 Å². The minimum Gasteiger partial charge on any atom is -0.489 e. The maximum atomic E-state index is 6.01. The molecule has 0 saturated heterocycles. The van der Waals surface area contributed by atoms with Gasteiger partial charge in [0.2, 0.25) is 0 Å². The fourth-order valence-corrected chi connectivity index (χ4v) is 3.70. The van der Waals surface area contributed by atoms with Crippen LogP contribution in [0.25, 0.3) is 0 Å². The van der Waals surface area contributed by atoms with Crippen molar-refractivity contribution in [2.75, 3.05) is 13.1 Å². The van der Waals surface area contributed by atoms with Crippen LogP contribution in [0.1, 0.15) is 109 Å². The standard InChI is InChI=1S/C26H47NO/c1-4-5-6-7-8-9-10-11-12-13-14-15-16-19-22-27-23-25(3)28-26-21-18-17-20-24(26)2/h17-18,20-21,25,27H,4-16,19,22-23H2,1-3H3. The van der Waals surface area contributed by atoms with Crippen molar-refractivity contribution in [3.63, 3.8) is 0 Å². The summed E-state index contributed by atoms with van der Waals surface area (Å²) in [6.07, 6.45) is 20.1. The zero-order valence-electron chi connectivity index (χ0n) is 19.1. The van der Waals surface area contributed by atoms with Gasteiger partial charge in [0.25, 0.3) is 0 Å². The lowest BCUT2D eigenvalue weighted by molar-refractivity contribution is 0.215. The Balaban J connectivity index is 1.80. The van der Waals surface area contributed by atoms with Crippen LogP contribution in [-0.4, -0.2) is 19.2 Å². The van der Waals surface area contributed by atoms with Crippen LogP contribution in [0.15, 0.2) is 24.3 Å². The summed E-state index contributed by atoms with van der Waals surface area (Å²) in [6, 6.07) is 8.25. The number of nitrogens with one attached hydrogen (secondary N) is 1. The second kappa shape index (κ2) is 18.0. The topological polar surface area (TPSA) is 21.3 Å². The Morgan fingerprint density at radius 3 is 1.79 bits per heavy atom. The number of benzene rings is 1. The van der Waals surface area contributed by atoms with Crippen LogP contribution >= 0.6 is 0 Å². The van der Waals surface area contributed by atoms with Crippen molar-refractivity contribution >= 4 is 0 Å². The van der Waals surface area contributed by atoms with Crippen LogP contribution in [0.3, 0.4) is 0 Å². The lowest BCUT2D eigenvalue weighted by Crippen LogP contribution is -2.29. The van der Waals surface area contributed by atoms with Crippen molar-refractivity contribution in [2.45, 2.75) is 117 Å². The van der Waals surface area contributed by atoms with E-state index in [0.29, 0.717) is 0 Å². The normalized spacial score (nSPS) is 12.2. The first kappa shape index (κ1) is 25.0. The number of unbranched alkanes of at least 4 members (excludes halogenated alkanes) is 13. The molecule has 28 heavy (non-hydrogen) atoms. The second-order valence-corrected chi connectivity index (χ2v) is 8.49. The number of rotatable bonds is 19. The number of aryl methyl sites for hydroxylation is 1. The number of hydrogen-bond acceptors (Lipinski definition) is 2. The maximum Gasteiger partial charge on any atom is 0.122 e. The van der Waals surface area contributed by atoms with Gasteiger partial charge >= 0.3 is 0 Å². The smallest absolute Gasteiger partial charge is 0.122 e. The minimum atomic E-state index is 0.216. The molecule has 0 aromatic heterocycles. The van der Waals surface area contributed by atoms with E-state index in [1.165, 1.54) is 95.5 Å². The predicted molar refractivity (Wildman–Crippen MR) is 124 cm³/mol. The SMILES string of the molecule is CCCCCCCCCCCCCCCCNCC(C)Oc1ccccc1C. The fraction of sp³-hybridized carbons (Fsp3) is 0.769. The van der Waals surface area contributed by atoms with Crippen LogP contribution < -0.4 is 10.1 Å². The molecule has 2 nitrogen and oxygen atoms in total. The average Bonchev–Trinajstić information content (AvgIpc) is 2.69. The summed E-state index contributed by atoms with van der Waals surface area (Å²) < 4.78 is 6.01.